The first kappa shape index (κ1) is 15.0. The molecule has 0 spiro atoms. The second kappa shape index (κ2) is 5.93. The second-order valence-corrected chi connectivity index (χ2v) is 3.79. The zero-order chi connectivity index (χ0) is 16.2. The lowest BCUT2D eigenvalue weighted by atomic mass is 10.2. The Bertz CT molecular complexity index is 780. The number of benzene rings is 1. The van der Waals surface area contributed by atoms with Crippen LogP contribution in [0.25, 0.3) is 11.5 Å². The van der Waals surface area contributed by atoms with Gasteiger partial charge in [0.25, 0.3) is 0 Å². The zero-order valence-corrected chi connectivity index (χ0v) is 10.6. The van der Waals surface area contributed by atoms with Crippen molar-refractivity contribution in [1.29, 1.82) is 10.5 Å². The van der Waals surface area contributed by atoms with E-state index in [4.69, 9.17) is 10.5 Å². The van der Waals surface area contributed by atoms with Crippen LogP contribution in [0, 0.1) is 22.7 Å². The standard InChI is InChI=1S/C12H5F3N6O/c13-12(14,15)11-21-20-10(22-11)7-2-1-3-8(4-7)18-19-9(5-16)6-17/h1-4,18H. The molecule has 2 aromatic rings. The first-order valence-electron chi connectivity index (χ1n) is 5.59. The Morgan fingerprint density at radius 2 is 1.95 bits per heavy atom. The average Bonchev–Trinajstić information content (AvgIpc) is 2.99. The maximum atomic E-state index is 12.4. The third-order valence-corrected chi connectivity index (χ3v) is 2.29. The van der Waals surface area contributed by atoms with Crippen molar-refractivity contribution in [2.75, 3.05) is 5.43 Å². The highest BCUT2D eigenvalue weighted by Crippen LogP contribution is 2.30. The van der Waals surface area contributed by atoms with Gasteiger partial charge in [-0.1, -0.05) is 6.07 Å². The van der Waals surface area contributed by atoms with Gasteiger partial charge in [0.1, 0.15) is 12.1 Å². The van der Waals surface area contributed by atoms with E-state index >= 15 is 0 Å². The Balaban J connectivity index is 2.26. The largest absolute Gasteiger partial charge is 0.470 e. The smallest absolute Gasteiger partial charge is 0.413 e. The van der Waals surface area contributed by atoms with Crippen LogP contribution in [-0.4, -0.2) is 15.9 Å². The summed E-state index contributed by atoms with van der Waals surface area (Å²) in [7, 11) is 0. The lowest BCUT2D eigenvalue weighted by Gasteiger charge is -2.01. The van der Waals surface area contributed by atoms with Crippen LogP contribution in [0.5, 0.6) is 0 Å². The van der Waals surface area contributed by atoms with Gasteiger partial charge in [-0.05, 0) is 18.2 Å². The summed E-state index contributed by atoms with van der Waals surface area (Å²) in [6, 6.07) is 8.96. The van der Waals surface area contributed by atoms with Crippen molar-refractivity contribution in [3.05, 3.63) is 30.2 Å². The van der Waals surface area contributed by atoms with Crippen molar-refractivity contribution in [2.24, 2.45) is 5.10 Å². The molecule has 1 aromatic heterocycles. The fourth-order valence-corrected chi connectivity index (χ4v) is 1.37. The second-order valence-electron chi connectivity index (χ2n) is 3.79. The number of nitrogens with one attached hydrogen (secondary N) is 1. The number of halogens is 3. The number of nitriles is 2. The highest BCUT2D eigenvalue weighted by molar-refractivity contribution is 6.10. The molecule has 22 heavy (non-hydrogen) atoms. The van der Waals surface area contributed by atoms with Crippen LogP contribution in [-0.2, 0) is 6.18 Å². The van der Waals surface area contributed by atoms with E-state index in [1.54, 1.807) is 12.1 Å². The van der Waals surface area contributed by atoms with E-state index in [1.807, 2.05) is 0 Å². The monoisotopic (exact) mass is 306 g/mol. The predicted octanol–water partition coefficient (Wildman–Crippen LogP) is 2.57. The van der Waals surface area contributed by atoms with E-state index in [-0.39, 0.29) is 11.5 Å². The number of alkyl halides is 3. The number of hydrogen-bond donors (Lipinski definition) is 1. The molecule has 0 saturated heterocycles. The highest BCUT2D eigenvalue weighted by atomic mass is 19.4. The molecule has 0 bridgehead atoms. The molecule has 110 valence electrons. The fraction of sp³-hybridized carbons (Fsp3) is 0.0833. The molecule has 0 aliphatic carbocycles. The van der Waals surface area contributed by atoms with Crippen molar-refractivity contribution in [3.8, 4) is 23.6 Å². The summed E-state index contributed by atoms with van der Waals surface area (Å²) in [4.78, 5) is 0. The molecular formula is C12H5F3N6O. The maximum Gasteiger partial charge on any atom is 0.470 e. The van der Waals surface area contributed by atoms with Crippen LogP contribution in [0.15, 0.2) is 33.8 Å². The molecule has 0 fully saturated rings. The van der Waals surface area contributed by atoms with Crippen LogP contribution >= 0.6 is 0 Å². The first-order chi connectivity index (χ1) is 10.4. The van der Waals surface area contributed by atoms with Crippen LogP contribution in [0.4, 0.5) is 18.9 Å². The summed E-state index contributed by atoms with van der Waals surface area (Å²) in [5.41, 5.74) is 2.57. The molecule has 0 radical (unpaired) electrons. The molecule has 0 aliphatic rings. The van der Waals surface area contributed by atoms with E-state index in [0.717, 1.165) is 0 Å². The van der Waals surface area contributed by atoms with E-state index in [2.05, 4.69) is 25.1 Å². The summed E-state index contributed by atoms with van der Waals surface area (Å²) in [5.74, 6) is -1.77. The Morgan fingerprint density at radius 3 is 2.55 bits per heavy atom. The Hall–Kier alpha value is -3.40. The fourth-order valence-electron chi connectivity index (χ4n) is 1.37. The number of hydrogen-bond acceptors (Lipinski definition) is 7. The number of anilines is 1. The van der Waals surface area contributed by atoms with Gasteiger partial charge in [0.15, 0.2) is 0 Å². The number of aromatic nitrogens is 2. The third kappa shape index (κ3) is 3.37. The Kier molecular flexibility index (Phi) is 4.04. The molecule has 0 amide bonds. The molecule has 0 aliphatic heterocycles. The topological polar surface area (TPSA) is 111 Å². The van der Waals surface area contributed by atoms with Crippen LogP contribution in [0.3, 0.4) is 0 Å². The number of nitrogens with zero attached hydrogens (tertiary/aromatic N) is 5. The summed E-state index contributed by atoms with van der Waals surface area (Å²) in [6.45, 7) is 0. The van der Waals surface area contributed by atoms with E-state index in [9.17, 15) is 13.2 Å². The summed E-state index contributed by atoms with van der Waals surface area (Å²) in [5, 5.41) is 26.8. The van der Waals surface area contributed by atoms with Crippen LogP contribution < -0.4 is 5.43 Å². The quantitative estimate of drug-likeness (QED) is 0.689. The predicted molar refractivity (Wildman–Crippen MR) is 67.0 cm³/mol. The first-order valence-corrected chi connectivity index (χ1v) is 5.59. The summed E-state index contributed by atoms with van der Waals surface area (Å²) >= 11 is 0. The SMILES string of the molecule is N#CC(C#N)=NNc1cccc(-c2nnc(C(F)(F)F)o2)c1. The lowest BCUT2D eigenvalue weighted by molar-refractivity contribution is -0.156. The molecule has 2 rings (SSSR count). The molecule has 1 aromatic carbocycles. The maximum absolute atomic E-state index is 12.4. The highest BCUT2D eigenvalue weighted by Gasteiger charge is 2.38. The molecule has 0 atom stereocenters. The van der Waals surface area contributed by atoms with Crippen molar-refractivity contribution < 1.29 is 17.6 Å². The minimum Gasteiger partial charge on any atom is -0.413 e. The van der Waals surface area contributed by atoms with E-state index in [1.165, 1.54) is 24.3 Å². The van der Waals surface area contributed by atoms with Gasteiger partial charge in [0.2, 0.25) is 11.6 Å². The minimum atomic E-state index is -4.72. The normalized spacial score (nSPS) is 10.4. The molecule has 1 heterocycles. The van der Waals surface area contributed by atoms with Gasteiger partial charge >= 0.3 is 12.1 Å². The number of hydrazone groups is 1. The third-order valence-electron chi connectivity index (χ3n) is 2.29. The average molecular weight is 306 g/mol. The van der Waals surface area contributed by atoms with Crippen molar-refractivity contribution >= 4 is 11.4 Å². The van der Waals surface area contributed by atoms with E-state index < -0.39 is 17.8 Å². The minimum absolute atomic E-state index is 0.221. The van der Waals surface area contributed by atoms with Crippen LogP contribution in [0.2, 0.25) is 0 Å². The number of rotatable bonds is 3. The van der Waals surface area contributed by atoms with Gasteiger partial charge in [0, 0.05) is 5.56 Å². The zero-order valence-electron chi connectivity index (χ0n) is 10.6. The molecule has 0 saturated carbocycles. The van der Waals surface area contributed by atoms with Gasteiger partial charge in [-0.3, -0.25) is 5.43 Å². The Morgan fingerprint density at radius 1 is 1.23 bits per heavy atom. The molecule has 10 heteroatoms. The Labute approximate surface area is 121 Å². The molecule has 7 nitrogen and oxygen atoms in total. The lowest BCUT2D eigenvalue weighted by Crippen LogP contribution is -2.04. The molecule has 1 N–H and O–H groups in total. The van der Waals surface area contributed by atoms with Crippen molar-refractivity contribution in [1.82, 2.24) is 10.2 Å². The van der Waals surface area contributed by atoms with Crippen molar-refractivity contribution in [3.63, 3.8) is 0 Å². The van der Waals surface area contributed by atoms with Gasteiger partial charge in [-0.2, -0.15) is 28.8 Å². The molecule has 0 unspecified atom stereocenters. The van der Waals surface area contributed by atoms with Gasteiger partial charge < -0.3 is 4.42 Å². The van der Waals surface area contributed by atoms with E-state index in [0.29, 0.717) is 5.69 Å². The van der Waals surface area contributed by atoms with Gasteiger partial charge in [-0.25, -0.2) is 0 Å². The van der Waals surface area contributed by atoms with Crippen molar-refractivity contribution in [2.45, 2.75) is 6.18 Å². The van der Waals surface area contributed by atoms with Gasteiger partial charge in [0.05, 0.1) is 5.69 Å². The summed E-state index contributed by atoms with van der Waals surface area (Å²) in [6.07, 6.45) is -4.72. The van der Waals surface area contributed by atoms with Crippen LogP contribution in [0.1, 0.15) is 5.89 Å². The molecular weight excluding hydrogens is 301 g/mol. The summed E-state index contributed by atoms with van der Waals surface area (Å²) < 4.78 is 41.7. The van der Waals surface area contributed by atoms with Gasteiger partial charge in [-0.15, -0.1) is 10.2 Å².